The lowest BCUT2D eigenvalue weighted by molar-refractivity contribution is 0.473. The normalized spacial score (nSPS) is 10.8. The minimum absolute atomic E-state index is 0.0143. The van der Waals surface area contributed by atoms with Crippen molar-refractivity contribution in [2.75, 3.05) is 0 Å². The third-order valence-corrected chi connectivity index (χ3v) is 4.49. The van der Waals surface area contributed by atoms with E-state index < -0.39 is 0 Å². The Morgan fingerprint density at radius 1 is 0.923 bits per heavy atom. The number of hydrogen-bond donors (Lipinski definition) is 1. The predicted molar refractivity (Wildman–Crippen MR) is 99.3 cm³/mol. The van der Waals surface area contributed by atoms with Crippen LogP contribution in [0.2, 0.25) is 0 Å². The first-order valence-electron chi connectivity index (χ1n) is 8.21. The molecule has 0 aliphatic heterocycles. The maximum absolute atomic E-state index is 13.5. The van der Waals surface area contributed by atoms with Gasteiger partial charge in [0.05, 0.1) is 11.1 Å². The minimum atomic E-state index is -0.242. The first kappa shape index (κ1) is 15.9. The fraction of sp³-hybridized carbons (Fsp3) is 0.0455. The van der Waals surface area contributed by atoms with Gasteiger partial charge in [-0.05, 0) is 58.5 Å². The molecular weight excluding hydrogens is 327 g/mol. The molecule has 26 heavy (non-hydrogen) atoms. The van der Waals surface area contributed by atoms with E-state index in [2.05, 4.69) is 0 Å². The topological polar surface area (TPSA) is 49.0 Å². The summed E-state index contributed by atoms with van der Waals surface area (Å²) in [5.41, 5.74) is 4.06. The molecule has 0 radical (unpaired) electrons. The molecule has 126 valence electrons. The SMILES string of the molecule is N#Cc1cc(-c2ccc(Cn3ccc4ccc(F)cc43)cc2)ccc1O. The Bertz CT molecular complexity index is 1140. The quantitative estimate of drug-likeness (QED) is 0.565. The molecule has 0 atom stereocenters. The van der Waals surface area contributed by atoms with Crippen LogP contribution in [-0.2, 0) is 6.54 Å². The highest BCUT2D eigenvalue weighted by atomic mass is 19.1. The highest BCUT2D eigenvalue weighted by Crippen LogP contribution is 2.26. The zero-order valence-electron chi connectivity index (χ0n) is 13.9. The average molecular weight is 342 g/mol. The number of nitrogens with zero attached hydrogens (tertiary/aromatic N) is 2. The van der Waals surface area contributed by atoms with Crippen LogP contribution in [0.4, 0.5) is 4.39 Å². The Kier molecular flexibility index (Phi) is 3.91. The number of phenols is 1. The molecule has 4 aromatic rings. The zero-order valence-corrected chi connectivity index (χ0v) is 13.9. The third kappa shape index (κ3) is 2.91. The van der Waals surface area contributed by atoms with Crippen LogP contribution in [0, 0.1) is 17.1 Å². The fourth-order valence-electron chi connectivity index (χ4n) is 3.10. The van der Waals surface area contributed by atoms with Crippen LogP contribution in [0.3, 0.4) is 0 Å². The summed E-state index contributed by atoms with van der Waals surface area (Å²) in [5, 5.41) is 19.7. The van der Waals surface area contributed by atoms with Crippen molar-refractivity contribution in [2.45, 2.75) is 6.54 Å². The van der Waals surface area contributed by atoms with Gasteiger partial charge in [0.15, 0.2) is 0 Å². The number of aromatic nitrogens is 1. The smallest absolute Gasteiger partial charge is 0.133 e. The molecule has 4 rings (SSSR count). The molecular formula is C22H15FN2O. The van der Waals surface area contributed by atoms with Gasteiger partial charge >= 0.3 is 0 Å². The van der Waals surface area contributed by atoms with Crippen LogP contribution in [0.15, 0.2) is 72.9 Å². The molecule has 0 bridgehead atoms. The van der Waals surface area contributed by atoms with Crippen molar-refractivity contribution in [3.05, 3.63) is 89.9 Å². The Hall–Kier alpha value is -3.58. The predicted octanol–water partition coefficient (Wildman–Crippen LogP) is 5.07. The average Bonchev–Trinajstić information content (AvgIpc) is 3.05. The first-order valence-corrected chi connectivity index (χ1v) is 8.21. The van der Waals surface area contributed by atoms with Crippen molar-refractivity contribution in [3.63, 3.8) is 0 Å². The molecule has 0 aliphatic carbocycles. The summed E-state index contributed by atoms with van der Waals surface area (Å²) in [6, 6.07) is 21.7. The number of rotatable bonds is 3. The highest BCUT2D eigenvalue weighted by molar-refractivity contribution is 5.80. The van der Waals surface area contributed by atoms with E-state index in [0.717, 1.165) is 27.6 Å². The molecule has 0 aliphatic rings. The molecule has 1 heterocycles. The molecule has 3 nitrogen and oxygen atoms in total. The van der Waals surface area contributed by atoms with Gasteiger partial charge in [0.2, 0.25) is 0 Å². The maximum Gasteiger partial charge on any atom is 0.133 e. The third-order valence-electron chi connectivity index (χ3n) is 4.49. The monoisotopic (exact) mass is 342 g/mol. The molecule has 0 unspecified atom stereocenters. The number of halogens is 1. The summed E-state index contributed by atoms with van der Waals surface area (Å²) in [6.45, 7) is 0.645. The van der Waals surface area contributed by atoms with Crippen LogP contribution in [0.25, 0.3) is 22.0 Å². The second kappa shape index (κ2) is 6.38. The Balaban J connectivity index is 1.62. The number of phenolic OH excluding ortho intramolecular Hbond substituents is 1. The zero-order chi connectivity index (χ0) is 18.1. The van der Waals surface area contributed by atoms with E-state index in [-0.39, 0.29) is 17.1 Å². The largest absolute Gasteiger partial charge is 0.507 e. The molecule has 4 heteroatoms. The summed E-state index contributed by atoms with van der Waals surface area (Å²) >= 11 is 0. The van der Waals surface area contributed by atoms with Crippen LogP contribution in [0.1, 0.15) is 11.1 Å². The molecule has 0 saturated heterocycles. The van der Waals surface area contributed by atoms with Gasteiger partial charge in [-0.2, -0.15) is 5.26 Å². The lowest BCUT2D eigenvalue weighted by Crippen LogP contribution is -1.98. The summed E-state index contributed by atoms with van der Waals surface area (Å²) in [5.74, 6) is -0.256. The van der Waals surface area contributed by atoms with Crippen molar-refractivity contribution in [1.29, 1.82) is 5.26 Å². The van der Waals surface area contributed by atoms with Gasteiger partial charge in [0, 0.05) is 12.7 Å². The van der Waals surface area contributed by atoms with Crippen LogP contribution in [-0.4, -0.2) is 9.67 Å². The van der Waals surface area contributed by atoms with Gasteiger partial charge in [0.25, 0.3) is 0 Å². The van der Waals surface area contributed by atoms with Crippen molar-refractivity contribution >= 4 is 10.9 Å². The van der Waals surface area contributed by atoms with Crippen molar-refractivity contribution in [3.8, 4) is 22.9 Å². The van der Waals surface area contributed by atoms with Gasteiger partial charge in [0.1, 0.15) is 17.6 Å². The van der Waals surface area contributed by atoms with E-state index in [9.17, 15) is 9.50 Å². The first-order chi connectivity index (χ1) is 12.6. The van der Waals surface area contributed by atoms with E-state index in [0.29, 0.717) is 6.54 Å². The summed E-state index contributed by atoms with van der Waals surface area (Å²) in [4.78, 5) is 0. The minimum Gasteiger partial charge on any atom is -0.507 e. The van der Waals surface area contributed by atoms with E-state index in [1.165, 1.54) is 12.1 Å². The van der Waals surface area contributed by atoms with Crippen LogP contribution < -0.4 is 0 Å². The summed E-state index contributed by atoms with van der Waals surface area (Å²) in [6.07, 6.45) is 1.96. The van der Waals surface area contributed by atoms with E-state index >= 15 is 0 Å². The second-order valence-corrected chi connectivity index (χ2v) is 6.19. The van der Waals surface area contributed by atoms with E-state index in [4.69, 9.17) is 5.26 Å². The summed E-state index contributed by atoms with van der Waals surface area (Å²) in [7, 11) is 0. The fourth-order valence-corrected chi connectivity index (χ4v) is 3.10. The number of hydrogen-bond acceptors (Lipinski definition) is 2. The van der Waals surface area contributed by atoms with Gasteiger partial charge in [-0.25, -0.2) is 4.39 Å². The number of aromatic hydroxyl groups is 1. The molecule has 1 N–H and O–H groups in total. The molecule has 0 fully saturated rings. The molecule has 0 spiro atoms. The number of nitriles is 1. The van der Waals surface area contributed by atoms with Crippen LogP contribution >= 0.6 is 0 Å². The highest BCUT2D eigenvalue weighted by Gasteiger charge is 2.06. The Labute approximate surface area is 150 Å². The van der Waals surface area contributed by atoms with Gasteiger partial charge in [-0.3, -0.25) is 0 Å². The van der Waals surface area contributed by atoms with Crippen LogP contribution in [0.5, 0.6) is 5.75 Å². The number of fused-ring (bicyclic) bond motifs is 1. The van der Waals surface area contributed by atoms with Gasteiger partial charge < -0.3 is 9.67 Å². The Morgan fingerprint density at radius 2 is 1.69 bits per heavy atom. The second-order valence-electron chi connectivity index (χ2n) is 6.19. The van der Waals surface area contributed by atoms with Crippen molar-refractivity contribution < 1.29 is 9.50 Å². The Morgan fingerprint density at radius 3 is 2.46 bits per heavy atom. The lowest BCUT2D eigenvalue weighted by atomic mass is 10.0. The van der Waals surface area contributed by atoms with Crippen molar-refractivity contribution in [1.82, 2.24) is 4.57 Å². The molecule has 1 aromatic heterocycles. The van der Waals surface area contributed by atoms with Gasteiger partial charge in [-0.15, -0.1) is 0 Å². The standard InChI is InChI=1S/C22H15FN2O/c23-20-7-5-17-9-10-25(21(17)12-20)14-15-1-3-16(4-2-15)18-6-8-22(26)19(11-18)13-24/h1-12,26H,14H2. The molecule has 3 aromatic carbocycles. The molecule has 0 saturated carbocycles. The lowest BCUT2D eigenvalue weighted by Gasteiger charge is -2.08. The van der Waals surface area contributed by atoms with E-state index in [1.807, 2.05) is 47.2 Å². The van der Waals surface area contributed by atoms with Crippen molar-refractivity contribution in [2.24, 2.45) is 0 Å². The molecule has 0 amide bonds. The summed E-state index contributed by atoms with van der Waals surface area (Å²) < 4.78 is 15.5. The number of benzene rings is 3. The van der Waals surface area contributed by atoms with Gasteiger partial charge in [-0.1, -0.05) is 30.3 Å². The maximum atomic E-state index is 13.5. The van der Waals surface area contributed by atoms with E-state index in [1.54, 1.807) is 24.3 Å².